The standard InChI is InChI=1S/C27H25O11P/c28-24(18-10-4-1-5-11-18)34-17-23-21(35-25(29)19-12-6-2-7-13-19)16-22(27(37-23)38-39(31,32)33)36-26(30)20-14-8-3-9-15-20/h1-15,21-23,27H,16-17H2,(H2,31,32,33)/t21-,22+,23+,27-/m0/s1. The molecule has 1 saturated heterocycles. The van der Waals surface area contributed by atoms with Gasteiger partial charge < -0.3 is 28.7 Å². The lowest BCUT2D eigenvalue weighted by Gasteiger charge is -2.39. The third-order valence-corrected chi connectivity index (χ3v) is 6.14. The number of hydrogen-bond acceptors (Lipinski definition) is 9. The lowest BCUT2D eigenvalue weighted by Crippen LogP contribution is -2.52. The molecule has 1 fully saturated rings. The number of phosphoric acid groups is 1. The third-order valence-electron chi connectivity index (χ3n) is 5.66. The lowest BCUT2D eigenvalue weighted by molar-refractivity contribution is -0.244. The fourth-order valence-corrected chi connectivity index (χ4v) is 4.27. The molecule has 0 saturated carbocycles. The second kappa shape index (κ2) is 12.8. The van der Waals surface area contributed by atoms with Crippen LogP contribution in [0, 0.1) is 0 Å². The Hall–Kier alpha value is -3.86. The minimum atomic E-state index is -5.13. The highest BCUT2D eigenvalue weighted by Crippen LogP contribution is 2.41. The van der Waals surface area contributed by atoms with Gasteiger partial charge >= 0.3 is 25.7 Å². The second-order valence-corrected chi connectivity index (χ2v) is 9.65. The fraction of sp³-hybridized carbons (Fsp3) is 0.222. The van der Waals surface area contributed by atoms with Crippen molar-refractivity contribution in [3.63, 3.8) is 0 Å². The maximum Gasteiger partial charge on any atom is 0.472 e. The predicted molar refractivity (Wildman–Crippen MR) is 134 cm³/mol. The van der Waals surface area contributed by atoms with E-state index in [1.165, 1.54) is 36.4 Å². The van der Waals surface area contributed by atoms with Crippen LogP contribution in [0.5, 0.6) is 0 Å². The van der Waals surface area contributed by atoms with Gasteiger partial charge in [0.15, 0.2) is 6.10 Å². The van der Waals surface area contributed by atoms with E-state index < -0.39 is 56.9 Å². The normalized spacial score (nSPS) is 21.0. The summed E-state index contributed by atoms with van der Waals surface area (Å²) in [5, 5.41) is 0. The largest absolute Gasteiger partial charge is 0.472 e. The number of esters is 3. The summed E-state index contributed by atoms with van der Waals surface area (Å²) in [4.78, 5) is 57.0. The van der Waals surface area contributed by atoms with Crippen LogP contribution in [0.2, 0.25) is 0 Å². The van der Waals surface area contributed by atoms with Crippen LogP contribution in [0.1, 0.15) is 37.5 Å². The molecule has 204 valence electrons. The molecule has 0 radical (unpaired) electrons. The van der Waals surface area contributed by atoms with Crippen molar-refractivity contribution >= 4 is 25.7 Å². The summed E-state index contributed by atoms with van der Waals surface area (Å²) in [6.07, 6.45) is -5.78. The van der Waals surface area contributed by atoms with E-state index in [0.717, 1.165) is 0 Å². The Kier molecular flexibility index (Phi) is 9.23. The Morgan fingerprint density at radius 3 is 1.62 bits per heavy atom. The van der Waals surface area contributed by atoms with E-state index in [1.807, 2.05) is 0 Å². The maximum absolute atomic E-state index is 12.8. The first-order valence-electron chi connectivity index (χ1n) is 11.8. The number of phosphoric ester groups is 1. The highest BCUT2D eigenvalue weighted by Gasteiger charge is 2.46. The molecule has 3 aromatic carbocycles. The van der Waals surface area contributed by atoms with Crippen molar-refractivity contribution in [3.05, 3.63) is 108 Å². The van der Waals surface area contributed by atoms with Crippen LogP contribution in [0.3, 0.4) is 0 Å². The van der Waals surface area contributed by atoms with E-state index in [9.17, 15) is 28.7 Å². The van der Waals surface area contributed by atoms with Gasteiger partial charge in [0, 0.05) is 6.42 Å². The van der Waals surface area contributed by atoms with Crippen molar-refractivity contribution in [1.29, 1.82) is 0 Å². The van der Waals surface area contributed by atoms with Crippen molar-refractivity contribution < 1.29 is 52.2 Å². The molecular weight excluding hydrogens is 531 g/mol. The van der Waals surface area contributed by atoms with Gasteiger partial charge in [-0.25, -0.2) is 18.9 Å². The van der Waals surface area contributed by atoms with Crippen molar-refractivity contribution in [2.45, 2.75) is 31.0 Å². The van der Waals surface area contributed by atoms with Gasteiger partial charge in [0.1, 0.15) is 18.8 Å². The summed E-state index contributed by atoms with van der Waals surface area (Å²) in [5.74, 6) is -2.24. The van der Waals surface area contributed by atoms with E-state index in [2.05, 4.69) is 0 Å². The Balaban J connectivity index is 1.56. The van der Waals surface area contributed by atoms with Crippen molar-refractivity contribution in [3.8, 4) is 0 Å². The fourth-order valence-electron chi connectivity index (χ4n) is 3.82. The zero-order chi connectivity index (χ0) is 27.8. The lowest BCUT2D eigenvalue weighted by atomic mass is 10.0. The molecule has 12 heteroatoms. The van der Waals surface area contributed by atoms with Crippen LogP contribution in [0.25, 0.3) is 0 Å². The highest BCUT2D eigenvalue weighted by molar-refractivity contribution is 7.46. The molecule has 0 amide bonds. The maximum atomic E-state index is 12.8. The molecular formula is C27H25O11P. The molecule has 11 nitrogen and oxygen atoms in total. The van der Waals surface area contributed by atoms with Gasteiger partial charge in [-0.05, 0) is 36.4 Å². The van der Waals surface area contributed by atoms with Gasteiger partial charge in [-0.1, -0.05) is 54.6 Å². The summed E-state index contributed by atoms with van der Waals surface area (Å²) in [5.41, 5.74) is 0.650. The Labute approximate surface area is 223 Å². The number of rotatable bonds is 9. The molecule has 1 heterocycles. The zero-order valence-corrected chi connectivity index (χ0v) is 21.3. The van der Waals surface area contributed by atoms with Crippen LogP contribution in [0.15, 0.2) is 91.0 Å². The van der Waals surface area contributed by atoms with E-state index in [1.54, 1.807) is 54.6 Å². The Morgan fingerprint density at radius 2 is 1.15 bits per heavy atom. The molecule has 0 aliphatic carbocycles. The van der Waals surface area contributed by atoms with Gasteiger partial charge in [0.2, 0.25) is 6.29 Å². The molecule has 1 aliphatic rings. The molecule has 0 aromatic heterocycles. The van der Waals surface area contributed by atoms with Crippen molar-refractivity contribution in [1.82, 2.24) is 0 Å². The first kappa shape index (κ1) is 28.2. The number of carbonyl (C=O) groups is 3. The SMILES string of the molecule is O=C(OC[C@H]1O[C@@H](OP(=O)(O)O)[C@H](OC(=O)c2ccccc2)C[C@@H]1OC(=O)c1ccccc1)c1ccccc1. The van der Waals surface area contributed by atoms with Gasteiger partial charge in [-0.3, -0.25) is 4.52 Å². The number of ether oxygens (including phenoxy) is 4. The van der Waals surface area contributed by atoms with E-state index >= 15 is 0 Å². The molecule has 0 unspecified atom stereocenters. The molecule has 1 aliphatic heterocycles. The van der Waals surface area contributed by atoms with Crippen molar-refractivity contribution in [2.24, 2.45) is 0 Å². The molecule has 39 heavy (non-hydrogen) atoms. The van der Waals surface area contributed by atoms with Crippen LogP contribution in [-0.2, 0) is 28.0 Å². The number of carbonyl (C=O) groups excluding carboxylic acids is 3. The average Bonchev–Trinajstić information content (AvgIpc) is 2.94. The second-order valence-electron chi connectivity index (χ2n) is 8.46. The number of benzene rings is 3. The van der Waals surface area contributed by atoms with E-state index in [4.69, 9.17) is 23.5 Å². The van der Waals surface area contributed by atoms with Crippen LogP contribution in [-0.4, -0.2) is 58.9 Å². The first-order chi connectivity index (χ1) is 18.7. The quantitative estimate of drug-likeness (QED) is 0.226. The first-order valence-corrected chi connectivity index (χ1v) is 13.4. The molecule has 4 atom stereocenters. The smallest absolute Gasteiger partial charge is 0.459 e. The molecule has 2 N–H and O–H groups in total. The van der Waals surface area contributed by atoms with Gasteiger partial charge in [0.05, 0.1) is 16.7 Å². The predicted octanol–water partition coefficient (Wildman–Crippen LogP) is 3.52. The molecule has 4 rings (SSSR count). The van der Waals surface area contributed by atoms with Crippen LogP contribution in [0.4, 0.5) is 0 Å². The topological polar surface area (TPSA) is 155 Å². The van der Waals surface area contributed by atoms with Crippen LogP contribution >= 0.6 is 7.82 Å². The van der Waals surface area contributed by atoms with Gasteiger partial charge in [-0.15, -0.1) is 0 Å². The zero-order valence-electron chi connectivity index (χ0n) is 20.4. The van der Waals surface area contributed by atoms with Gasteiger partial charge in [0.25, 0.3) is 0 Å². The summed E-state index contributed by atoms with van der Waals surface area (Å²) in [6, 6.07) is 24.0. The molecule has 0 spiro atoms. The highest BCUT2D eigenvalue weighted by atomic mass is 31.2. The van der Waals surface area contributed by atoms with Crippen LogP contribution < -0.4 is 0 Å². The third kappa shape index (κ3) is 8.06. The summed E-state index contributed by atoms with van der Waals surface area (Å²) < 4.78 is 38.6. The minimum absolute atomic E-state index is 0.171. The Bertz CT molecular complexity index is 1310. The minimum Gasteiger partial charge on any atom is -0.459 e. The summed E-state index contributed by atoms with van der Waals surface area (Å²) in [7, 11) is -5.13. The van der Waals surface area contributed by atoms with Gasteiger partial charge in [-0.2, -0.15) is 0 Å². The monoisotopic (exact) mass is 556 g/mol. The molecule has 0 bridgehead atoms. The summed E-state index contributed by atoms with van der Waals surface area (Å²) in [6.45, 7) is -0.458. The molecule has 3 aromatic rings. The summed E-state index contributed by atoms with van der Waals surface area (Å²) >= 11 is 0. The number of hydrogen-bond donors (Lipinski definition) is 2. The van der Waals surface area contributed by atoms with E-state index in [-0.39, 0.29) is 23.1 Å². The average molecular weight is 556 g/mol. The Morgan fingerprint density at radius 1 is 0.718 bits per heavy atom. The van der Waals surface area contributed by atoms with E-state index in [0.29, 0.717) is 0 Å². The van der Waals surface area contributed by atoms with Crippen molar-refractivity contribution in [2.75, 3.05) is 6.61 Å².